The number of rotatable bonds is 8. The summed E-state index contributed by atoms with van der Waals surface area (Å²) in [5, 5.41) is 3.46. The lowest BCUT2D eigenvalue weighted by atomic mass is 9.99. The fourth-order valence-electron chi connectivity index (χ4n) is 5.53. The van der Waals surface area contributed by atoms with E-state index in [1.54, 1.807) is 12.3 Å². The second-order valence-corrected chi connectivity index (χ2v) is 12.7. The molecule has 0 aliphatic carbocycles. The Kier molecular flexibility index (Phi) is 8.62. The number of fused-ring (bicyclic) bond motifs is 1. The number of hydrogen-bond donors (Lipinski definition) is 2. The fourth-order valence-corrected chi connectivity index (χ4v) is 7.01. The molecule has 2 aliphatic heterocycles. The second-order valence-electron chi connectivity index (χ2n) is 10.9. The smallest absolute Gasteiger partial charge is 0.369 e. The Labute approximate surface area is 265 Å². The molecular formula is C30H27F5N6O5S. The van der Waals surface area contributed by atoms with Crippen molar-refractivity contribution in [2.24, 2.45) is 0 Å². The lowest BCUT2D eigenvalue weighted by Gasteiger charge is -2.29. The minimum atomic E-state index is -5.66. The molecule has 2 N–H and O–H groups in total. The van der Waals surface area contributed by atoms with Gasteiger partial charge in [-0.25, -0.2) is 18.6 Å². The molecule has 2 fully saturated rings. The highest BCUT2D eigenvalue weighted by molar-refractivity contribution is 7.90. The summed E-state index contributed by atoms with van der Waals surface area (Å²) >= 11 is 0. The van der Waals surface area contributed by atoms with Crippen LogP contribution < -0.4 is 14.7 Å². The van der Waals surface area contributed by atoms with Crippen molar-refractivity contribution in [3.8, 4) is 11.1 Å². The number of pyridine rings is 1. The predicted octanol–water partition coefficient (Wildman–Crippen LogP) is 4.32. The minimum Gasteiger partial charge on any atom is -0.369 e. The summed E-state index contributed by atoms with van der Waals surface area (Å²) in [5.41, 5.74) is -0.274. The number of halogens is 5. The van der Waals surface area contributed by atoms with Gasteiger partial charge in [0.15, 0.2) is 5.82 Å². The van der Waals surface area contributed by atoms with E-state index in [9.17, 15) is 31.2 Å². The van der Waals surface area contributed by atoms with Crippen LogP contribution in [0.25, 0.3) is 22.2 Å². The van der Waals surface area contributed by atoms with Crippen LogP contribution >= 0.6 is 0 Å². The molecule has 0 amide bonds. The Hall–Kier alpha value is -4.61. The molecule has 0 radical (unpaired) electrons. The highest BCUT2D eigenvalue weighted by atomic mass is 32.2. The van der Waals surface area contributed by atoms with Crippen molar-refractivity contribution < 1.29 is 44.8 Å². The zero-order chi connectivity index (χ0) is 33.5. The molecule has 248 valence electrons. The topological polar surface area (TPSA) is 128 Å². The molecule has 4 aromatic rings. The SMILES string of the molecule is O=C(c1c(F)ccc(N(OC(=O)C(F)(F)F)S(=O)(=O)N2CCCC2)c1F)c1c[nH]c2ncc(-c3ccc(N4CCNCC4)cc3)cc12. The zero-order valence-corrected chi connectivity index (χ0v) is 25.3. The summed E-state index contributed by atoms with van der Waals surface area (Å²) in [4.78, 5) is 38.9. The molecule has 4 heterocycles. The Balaban J connectivity index is 1.37. The third-order valence-corrected chi connectivity index (χ3v) is 9.66. The second kappa shape index (κ2) is 12.5. The van der Waals surface area contributed by atoms with Gasteiger partial charge in [-0.05, 0) is 48.7 Å². The number of H-pyrrole nitrogens is 1. The van der Waals surface area contributed by atoms with Crippen molar-refractivity contribution in [3.63, 3.8) is 0 Å². The average molecular weight is 679 g/mol. The third-order valence-electron chi connectivity index (χ3n) is 7.95. The van der Waals surface area contributed by atoms with Crippen molar-refractivity contribution in [2.75, 3.05) is 48.6 Å². The number of nitrogens with zero attached hydrogens (tertiary/aromatic N) is 4. The lowest BCUT2D eigenvalue weighted by molar-refractivity contribution is -0.199. The quantitative estimate of drug-likeness (QED) is 0.160. The van der Waals surface area contributed by atoms with Gasteiger partial charge in [0.05, 0.1) is 5.56 Å². The number of piperazine rings is 1. The number of carbonyl (C=O) groups excluding carboxylic acids is 2. The zero-order valence-electron chi connectivity index (χ0n) is 24.5. The molecule has 2 aliphatic rings. The normalized spacial score (nSPS) is 16.1. The van der Waals surface area contributed by atoms with Gasteiger partial charge in [0.1, 0.15) is 17.2 Å². The van der Waals surface area contributed by atoms with Crippen molar-refractivity contribution in [1.82, 2.24) is 19.6 Å². The summed E-state index contributed by atoms with van der Waals surface area (Å²) in [5.74, 6) is -7.51. The average Bonchev–Trinajstić information content (AvgIpc) is 3.75. The first-order valence-electron chi connectivity index (χ1n) is 14.5. The predicted molar refractivity (Wildman–Crippen MR) is 161 cm³/mol. The lowest BCUT2D eigenvalue weighted by Crippen LogP contribution is -2.46. The summed E-state index contributed by atoms with van der Waals surface area (Å²) in [6, 6.07) is 10.2. The van der Waals surface area contributed by atoms with Gasteiger partial charge in [-0.3, -0.25) is 4.79 Å². The molecular weight excluding hydrogens is 651 g/mol. The molecule has 0 spiro atoms. The van der Waals surface area contributed by atoms with E-state index in [4.69, 9.17) is 0 Å². The Morgan fingerprint density at radius 3 is 2.28 bits per heavy atom. The minimum absolute atomic E-state index is 0.153. The van der Waals surface area contributed by atoms with E-state index in [-0.39, 0.29) is 29.7 Å². The Morgan fingerprint density at radius 1 is 0.936 bits per heavy atom. The van der Waals surface area contributed by atoms with Crippen LogP contribution in [-0.2, 0) is 19.8 Å². The fraction of sp³-hybridized carbons (Fsp3) is 0.300. The van der Waals surface area contributed by atoms with Crippen molar-refractivity contribution in [2.45, 2.75) is 19.0 Å². The van der Waals surface area contributed by atoms with E-state index < -0.39 is 55.5 Å². The van der Waals surface area contributed by atoms with E-state index in [0.29, 0.717) is 34.8 Å². The molecule has 0 bridgehead atoms. The number of hydrogen-bond acceptors (Lipinski definition) is 8. The summed E-state index contributed by atoms with van der Waals surface area (Å²) in [6.45, 7) is 3.12. The van der Waals surface area contributed by atoms with E-state index in [0.717, 1.165) is 43.6 Å². The number of benzene rings is 2. The van der Waals surface area contributed by atoms with Crippen molar-refractivity contribution in [3.05, 3.63) is 77.6 Å². The van der Waals surface area contributed by atoms with Gasteiger partial charge in [0, 0.05) is 73.9 Å². The van der Waals surface area contributed by atoms with Gasteiger partial charge in [-0.2, -0.15) is 25.9 Å². The number of ketones is 1. The number of nitrogens with one attached hydrogen (secondary N) is 2. The molecule has 0 saturated carbocycles. The van der Waals surface area contributed by atoms with Gasteiger partial charge in [0.25, 0.3) is 0 Å². The molecule has 47 heavy (non-hydrogen) atoms. The monoisotopic (exact) mass is 678 g/mol. The largest absolute Gasteiger partial charge is 0.493 e. The van der Waals surface area contributed by atoms with Gasteiger partial charge < -0.3 is 20.0 Å². The first-order chi connectivity index (χ1) is 22.4. The number of carbonyl (C=O) groups is 2. The maximum atomic E-state index is 16.0. The van der Waals surface area contributed by atoms with Crippen LogP contribution in [0.15, 0.2) is 54.9 Å². The highest BCUT2D eigenvalue weighted by Crippen LogP contribution is 2.34. The highest BCUT2D eigenvalue weighted by Gasteiger charge is 2.47. The standard InChI is InChI=1S/C30H27F5N6O5S/c31-23-7-8-24(41(46-29(43)30(33,34)35)47(44,45)40-11-1-2-12-40)26(32)25(23)27(42)22-17-38-28-21(22)15-19(16-37-28)18-3-5-20(6-4-18)39-13-9-36-10-14-39/h3-8,15-17,36H,1-2,9-14H2,(H,37,38). The maximum Gasteiger partial charge on any atom is 0.493 e. The van der Waals surface area contributed by atoms with Gasteiger partial charge in [-0.1, -0.05) is 16.6 Å². The number of aromatic nitrogens is 2. The van der Waals surface area contributed by atoms with Gasteiger partial charge in [-0.15, -0.1) is 0 Å². The van der Waals surface area contributed by atoms with Crippen LogP contribution in [0.2, 0.25) is 0 Å². The van der Waals surface area contributed by atoms with Crippen LogP contribution in [0.5, 0.6) is 0 Å². The summed E-state index contributed by atoms with van der Waals surface area (Å²) in [7, 11) is -5.09. The molecule has 2 aromatic heterocycles. The van der Waals surface area contributed by atoms with Crippen LogP contribution in [0, 0.1) is 11.6 Å². The molecule has 0 atom stereocenters. The molecule has 6 rings (SSSR count). The molecule has 2 saturated heterocycles. The number of anilines is 2. The van der Waals surface area contributed by atoms with E-state index in [2.05, 4.69) is 25.0 Å². The van der Waals surface area contributed by atoms with Crippen LogP contribution in [0.4, 0.5) is 33.3 Å². The van der Waals surface area contributed by atoms with Crippen LogP contribution in [0.3, 0.4) is 0 Å². The molecule has 0 unspecified atom stereocenters. The first kappa shape index (κ1) is 32.3. The Morgan fingerprint density at radius 2 is 1.62 bits per heavy atom. The van der Waals surface area contributed by atoms with E-state index in [1.807, 2.05) is 24.3 Å². The first-order valence-corrected chi connectivity index (χ1v) is 15.9. The summed E-state index contributed by atoms with van der Waals surface area (Å²) in [6.07, 6.45) is -2.27. The third kappa shape index (κ3) is 6.25. The van der Waals surface area contributed by atoms with Gasteiger partial charge >= 0.3 is 22.4 Å². The van der Waals surface area contributed by atoms with E-state index in [1.165, 1.54) is 0 Å². The van der Waals surface area contributed by atoms with Crippen molar-refractivity contribution in [1.29, 1.82) is 0 Å². The maximum absolute atomic E-state index is 16.0. The van der Waals surface area contributed by atoms with E-state index >= 15 is 8.78 Å². The molecule has 17 heteroatoms. The van der Waals surface area contributed by atoms with Crippen molar-refractivity contribution >= 4 is 44.4 Å². The van der Waals surface area contributed by atoms with Crippen LogP contribution in [0.1, 0.15) is 28.8 Å². The molecule has 11 nitrogen and oxygen atoms in total. The van der Waals surface area contributed by atoms with Crippen LogP contribution in [-0.4, -0.2) is 79.9 Å². The molecule has 2 aromatic carbocycles. The van der Waals surface area contributed by atoms with Gasteiger partial charge in [0.2, 0.25) is 5.78 Å². The number of aromatic amines is 1. The number of alkyl halides is 3. The summed E-state index contributed by atoms with van der Waals surface area (Å²) < 4.78 is 97.2. The Bertz CT molecular complexity index is 1940.